The van der Waals surface area contributed by atoms with Crippen molar-refractivity contribution < 1.29 is 28.6 Å². The number of benzene rings is 3. The molecule has 0 amide bonds. The third-order valence-electron chi connectivity index (χ3n) is 8.33. The molecule has 3 heterocycles. The number of ether oxygens (including phenoxy) is 3. The second-order valence-corrected chi connectivity index (χ2v) is 11.5. The van der Waals surface area contributed by atoms with Gasteiger partial charge >= 0.3 is 17.9 Å². The molecule has 0 saturated carbocycles. The number of aliphatic imine (C=N–C) groups is 1. The average Bonchev–Trinajstić information content (AvgIpc) is 3.66. The molecule has 3 aliphatic rings. The van der Waals surface area contributed by atoms with E-state index in [1.54, 1.807) is 77.7 Å². The van der Waals surface area contributed by atoms with Crippen LogP contribution in [0.5, 0.6) is 0 Å². The van der Waals surface area contributed by atoms with E-state index in [-0.39, 0.29) is 5.71 Å². The first-order valence-corrected chi connectivity index (χ1v) is 14.0. The molecule has 2 bridgehead atoms. The number of hydrogen-bond donors (Lipinski definition) is 1. The van der Waals surface area contributed by atoms with Gasteiger partial charge in [0.05, 0.1) is 27.4 Å². The number of esters is 3. The summed E-state index contributed by atoms with van der Waals surface area (Å²) in [6.45, 7) is 0. The molecule has 3 aliphatic heterocycles. The Kier molecular flexibility index (Phi) is 6.87. The summed E-state index contributed by atoms with van der Waals surface area (Å²) in [4.78, 5) is 48.8. The van der Waals surface area contributed by atoms with Crippen LogP contribution in [0.4, 0.5) is 0 Å². The number of nitrogens with one attached hydrogen (secondary N) is 1. The van der Waals surface area contributed by atoms with Crippen molar-refractivity contribution in [2.24, 2.45) is 4.99 Å². The van der Waals surface area contributed by atoms with Gasteiger partial charge in [-0.1, -0.05) is 71.2 Å². The Morgan fingerprint density at radius 3 is 1.74 bits per heavy atom. The maximum absolute atomic E-state index is 14.3. The third-order valence-corrected chi connectivity index (χ3v) is 9.09. The lowest BCUT2D eigenvalue weighted by atomic mass is 9.70. The van der Waals surface area contributed by atoms with Crippen LogP contribution in [-0.4, -0.2) is 60.9 Å². The average molecular weight is 629 g/mol. The first-order valence-electron chi connectivity index (χ1n) is 12.8. The Hall–Kier alpha value is -3.47. The molecule has 1 unspecified atom stereocenters. The van der Waals surface area contributed by atoms with Crippen LogP contribution in [0.3, 0.4) is 0 Å². The van der Waals surface area contributed by atoms with Crippen molar-refractivity contribution in [3.05, 3.63) is 105 Å². The van der Waals surface area contributed by atoms with E-state index >= 15 is 0 Å². The molecule has 42 heavy (non-hydrogen) atoms. The standard InChI is InChI=1S/C30H24Cl3N3O6/c1-40-25(37)23-30(18-8-14-21(33)15-9-18)35-28(26(38)41-2,22(34-23)16-4-10-19(31)11-5-16)29(27(39)42-3)24(36(29)30)17-6-12-20(32)13-7-17/h4-15,22,24,35H,1-3H3/t22-,24-,28-,29-,30+,36?/m0/s1. The predicted molar refractivity (Wildman–Crippen MR) is 155 cm³/mol. The van der Waals surface area contributed by atoms with Gasteiger partial charge in [0.25, 0.3) is 0 Å². The highest BCUT2D eigenvalue weighted by molar-refractivity contribution is 6.41. The molecule has 3 aromatic rings. The molecule has 2 saturated heterocycles. The van der Waals surface area contributed by atoms with Gasteiger partial charge in [-0.25, -0.2) is 19.3 Å². The number of carbonyl (C=O) groups excluding carboxylic acids is 3. The van der Waals surface area contributed by atoms with E-state index in [2.05, 4.69) is 5.32 Å². The highest BCUT2D eigenvalue weighted by Crippen LogP contribution is 2.74. The van der Waals surface area contributed by atoms with Gasteiger partial charge in [0.2, 0.25) is 0 Å². The van der Waals surface area contributed by atoms with Crippen LogP contribution < -0.4 is 5.32 Å². The van der Waals surface area contributed by atoms with Gasteiger partial charge in [0, 0.05) is 15.1 Å². The molecular formula is C30H24Cl3N3O6. The van der Waals surface area contributed by atoms with Gasteiger partial charge in [-0.05, 0) is 53.1 Å². The van der Waals surface area contributed by atoms with Crippen LogP contribution in [0.2, 0.25) is 15.1 Å². The lowest BCUT2D eigenvalue weighted by molar-refractivity contribution is -0.160. The fourth-order valence-electron chi connectivity index (χ4n) is 6.71. The van der Waals surface area contributed by atoms with E-state index in [4.69, 9.17) is 54.0 Å². The minimum absolute atomic E-state index is 0.0750. The van der Waals surface area contributed by atoms with Crippen LogP contribution in [0.25, 0.3) is 0 Å². The molecule has 0 spiro atoms. The van der Waals surface area contributed by atoms with Crippen molar-refractivity contribution in [2.45, 2.75) is 28.8 Å². The zero-order valence-corrected chi connectivity index (χ0v) is 24.8. The lowest BCUT2D eigenvalue weighted by Crippen LogP contribution is -2.72. The lowest BCUT2D eigenvalue weighted by Gasteiger charge is -2.46. The van der Waals surface area contributed by atoms with E-state index in [9.17, 15) is 14.4 Å². The minimum Gasteiger partial charge on any atom is -0.468 e. The van der Waals surface area contributed by atoms with Gasteiger partial charge in [0.15, 0.2) is 22.5 Å². The maximum atomic E-state index is 14.3. The SMILES string of the molecule is COC(=O)C1=N[C@@H](c2ccc(Cl)cc2)[C@@]2(C(=O)OC)N[C@]1(c1ccc(Cl)cc1)N1[C@@H](c3ccc(Cl)cc3)[C@@]12C(=O)OC. The van der Waals surface area contributed by atoms with E-state index < -0.39 is 46.7 Å². The summed E-state index contributed by atoms with van der Waals surface area (Å²) in [5.41, 5.74) is -3.73. The number of methoxy groups -OCH3 is 3. The van der Waals surface area contributed by atoms with Crippen molar-refractivity contribution >= 4 is 58.4 Å². The predicted octanol–water partition coefficient (Wildman–Crippen LogP) is 4.65. The molecule has 0 radical (unpaired) electrons. The second kappa shape index (κ2) is 10.1. The number of carbonyl (C=O) groups is 3. The maximum Gasteiger partial charge on any atom is 0.355 e. The Balaban J connectivity index is 1.76. The van der Waals surface area contributed by atoms with Gasteiger partial charge in [-0.2, -0.15) is 0 Å². The number of rotatable bonds is 6. The summed E-state index contributed by atoms with van der Waals surface area (Å²) in [5, 5.41) is 4.79. The zero-order chi connectivity index (χ0) is 30.0. The van der Waals surface area contributed by atoms with Gasteiger partial charge in [-0.3, -0.25) is 10.3 Å². The molecule has 6 atom stereocenters. The fourth-order valence-corrected chi connectivity index (χ4v) is 7.09. The van der Waals surface area contributed by atoms with Gasteiger partial charge in [0.1, 0.15) is 6.04 Å². The molecule has 12 heteroatoms. The van der Waals surface area contributed by atoms with E-state index in [1.165, 1.54) is 21.3 Å². The van der Waals surface area contributed by atoms with E-state index in [0.717, 1.165) is 0 Å². The van der Waals surface area contributed by atoms with Crippen molar-refractivity contribution in [1.29, 1.82) is 0 Å². The van der Waals surface area contributed by atoms with E-state index in [0.29, 0.717) is 31.8 Å². The Morgan fingerprint density at radius 1 is 0.738 bits per heavy atom. The monoisotopic (exact) mass is 627 g/mol. The number of hydrogen-bond acceptors (Lipinski definition) is 9. The molecule has 2 fully saturated rings. The molecule has 216 valence electrons. The minimum atomic E-state index is -1.90. The molecule has 0 aromatic heterocycles. The van der Waals surface area contributed by atoms with Crippen LogP contribution in [-0.2, 0) is 34.3 Å². The van der Waals surface area contributed by atoms with Crippen molar-refractivity contribution in [3.63, 3.8) is 0 Å². The second-order valence-electron chi connectivity index (χ2n) is 10.1. The Morgan fingerprint density at radius 2 is 1.24 bits per heavy atom. The highest BCUT2D eigenvalue weighted by Gasteiger charge is 2.94. The largest absolute Gasteiger partial charge is 0.468 e. The summed E-state index contributed by atoms with van der Waals surface area (Å²) in [6, 6.07) is 18.3. The Bertz CT molecular complexity index is 1630. The number of halogens is 3. The molecule has 9 nitrogen and oxygen atoms in total. The molecule has 6 rings (SSSR count). The van der Waals surface area contributed by atoms with Crippen LogP contribution in [0.1, 0.15) is 28.8 Å². The topological polar surface area (TPSA) is 106 Å². The Labute approximate surface area is 256 Å². The highest BCUT2D eigenvalue weighted by atomic mass is 35.5. The first kappa shape index (κ1) is 28.6. The van der Waals surface area contributed by atoms with Crippen LogP contribution in [0, 0.1) is 0 Å². The quantitative estimate of drug-likeness (QED) is 0.239. The first-order chi connectivity index (χ1) is 20.1. The van der Waals surface area contributed by atoms with E-state index in [1.807, 2.05) is 0 Å². The van der Waals surface area contributed by atoms with Crippen LogP contribution in [0.15, 0.2) is 77.8 Å². The zero-order valence-electron chi connectivity index (χ0n) is 22.6. The van der Waals surface area contributed by atoms with Crippen molar-refractivity contribution in [2.75, 3.05) is 21.3 Å². The fraction of sp³-hybridized carbons (Fsp3) is 0.267. The molecule has 0 aliphatic carbocycles. The molecular weight excluding hydrogens is 605 g/mol. The summed E-state index contributed by atoms with van der Waals surface area (Å²) in [7, 11) is 3.71. The van der Waals surface area contributed by atoms with Crippen molar-refractivity contribution in [3.8, 4) is 0 Å². The smallest absolute Gasteiger partial charge is 0.355 e. The normalized spacial score (nSPS) is 30.5. The summed E-state index contributed by atoms with van der Waals surface area (Å²) >= 11 is 18.7. The molecule has 3 aromatic carbocycles. The van der Waals surface area contributed by atoms with Gasteiger partial charge < -0.3 is 14.2 Å². The van der Waals surface area contributed by atoms with Gasteiger partial charge in [-0.15, -0.1) is 0 Å². The number of fused-ring (bicyclic) bond motifs is 5. The van der Waals surface area contributed by atoms with Crippen molar-refractivity contribution in [1.82, 2.24) is 10.2 Å². The van der Waals surface area contributed by atoms with Crippen LogP contribution >= 0.6 is 34.8 Å². The molecule has 1 N–H and O–H groups in total. The summed E-state index contributed by atoms with van der Waals surface area (Å²) < 4.78 is 16.1. The summed E-state index contributed by atoms with van der Waals surface area (Å²) in [5.74, 6) is -2.27. The summed E-state index contributed by atoms with van der Waals surface area (Å²) in [6.07, 6.45) is 0. The number of nitrogens with zero attached hydrogens (tertiary/aromatic N) is 2. The third kappa shape index (κ3) is 3.58.